The molecule has 0 radical (unpaired) electrons. The van der Waals surface area contributed by atoms with Gasteiger partial charge in [0, 0.05) is 12.6 Å². The summed E-state index contributed by atoms with van der Waals surface area (Å²) in [6.45, 7) is 1.13. The molecule has 0 saturated heterocycles. The molecule has 2 rings (SSSR count). The van der Waals surface area contributed by atoms with Gasteiger partial charge in [0.05, 0.1) is 29.0 Å². The predicted octanol–water partition coefficient (Wildman–Crippen LogP) is 2.33. The number of carbonyl (C=O) groups excluding carboxylic acids is 1. The Hall–Kier alpha value is -2.72. The van der Waals surface area contributed by atoms with Gasteiger partial charge in [-0.05, 0) is 26.0 Å². The lowest BCUT2D eigenvalue weighted by atomic mass is 9.97. The third kappa shape index (κ3) is 5.63. The van der Waals surface area contributed by atoms with Crippen molar-refractivity contribution in [3.8, 4) is 5.75 Å². The summed E-state index contributed by atoms with van der Waals surface area (Å²) in [5.74, 6) is -1.38. The van der Waals surface area contributed by atoms with E-state index in [-0.39, 0.29) is 12.2 Å². The Morgan fingerprint density at radius 1 is 1.30 bits per heavy atom. The molecule has 0 bridgehead atoms. The number of nitrogens with two attached hydrogens (primary N) is 1. The van der Waals surface area contributed by atoms with Crippen molar-refractivity contribution < 1.29 is 27.1 Å². The van der Waals surface area contributed by atoms with Crippen LogP contribution in [0.2, 0.25) is 0 Å². The fourth-order valence-corrected chi connectivity index (χ4v) is 2.20. The van der Waals surface area contributed by atoms with E-state index in [2.05, 4.69) is 20.0 Å². The summed E-state index contributed by atoms with van der Waals surface area (Å²) in [6, 6.07) is 2.72. The maximum Gasteiger partial charge on any atom is 0.422 e. The van der Waals surface area contributed by atoms with Gasteiger partial charge < -0.3 is 10.5 Å². The maximum absolute atomic E-state index is 13.1. The largest absolute Gasteiger partial charge is 0.483 e. The first-order valence-electron chi connectivity index (χ1n) is 7.94. The van der Waals surface area contributed by atoms with Gasteiger partial charge in [0.25, 0.3) is 0 Å². The molecule has 2 aromatic heterocycles. The average molecular weight is 389 g/mol. The fraction of sp³-hybridized carbons (Fsp3) is 0.500. The minimum Gasteiger partial charge on any atom is -0.483 e. The summed E-state index contributed by atoms with van der Waals surface area (Å²) in [5.41, 5.74) is 5.04. The minimum absolute atomic E-state index is 0.0730. The van der Waals surface area contributed by atoms with E-state index in [9.17, 15) is 22.4 Å². The van der Waals surface area contributed by atoms with E-state index < -0.39 is 36.8 Å². The number of carbonyl (C=O) groups is 1. The van der Waals surface area contributed by atoms with Crippen molar-refractivity contribution in [3.63, 3.8) is 0 Å². The summed E-state index contributed by atoms with van der Waals surface area (Å²) in [6.07, 6.45) is -2.01. The van der Waals surface area contributed by atoms with Crippen LogP contribution in [0.15, 0.2) is 24.5 Å². The molecule has 148 valence electrons. The molecule has 11 heteroatoms. The van der Waals surface area contributed by atoms with Crippen LogP contribution in [0.1, 0.15) is 37.6 Å². The van der Waals surface area contributed by atoms with Crippen molar-refractivity contribution in [2.45, 2.75) is 37.9 Å². The zero-order valence-corrected chi connectivity index (χ0v) is 14.7. The van der Waals surface area contributed by atoms with Crippen LogP contribution >= 0.6 is 0 Å². The molecular weight excluding hydrogens is 370 g/mol. The fourth-order valence-electron chi connectivity index (χ4n) is 2.20. The quantitative estimate of drug-likeness (QED) is 0.699. The second-order valence-corrected chi connectivity index (χ2v) is 6.58. The van der Waals surface area contributed by atoms with Gasteiger partial charge in [-0.3, -0.25) is 9.78 Å². The molecule has 27 heavy (non-hydrogen) atoms. The number of halogens is 4. The van der Waals surface area contributed by atoms with Crippen molar-refractivity contribution in [1.82, 2.24) is 20.0 Å². The first kappa shape index (κ1) is 20.6. The number of rotatable bonds is 8. The van der Waals surface area contributed by atoms with Crippen molar-refractivity contribution in [3.05, 3.63) is 35.9 Å². The molecule has 7 nitrogen and oxygen atoms in total. The van der Waals surface area contributed by atoms with Crippen LogP contribution in [0.4, 0.5) is 17.6 Å². The van der Waals surface area contributed by atoms with Crippen LogP contribution in [0.3, 0.4) is 0 Å². The zero-order valence-electron chi connectivity index (χ0n) is 14.7. The van der Waals surface area contributed by atoms with E-state index in [1.165, 1.54) is 23.0 Å². The van der Waals surface area contributed by atoms with Crippen LogP contribution in [-0.2, 0) is 10.3 Å². The first-order chi connectivity index (χ1) is 12.5. The second-order valence-electron chi connectivity index (χ2n) is 6.58. The standard InChI is InChI=1S/C16H19F4N5O2/c1-15(2,8-17)25-7-13(23-24-25)11(5-14(21)26)12-4-3-10(6-22-12)27-9-16(18,19)20/h3-4,6-7,11H,5,8-9H2,1-2H3,(H2,21,26)/t11-/m1/s1. The molecule has 0 aliphatic carbocycles. The molecular formula is C16H19F4N5O2. The molecule has 0 unspecified atom stereocenters. The van der Waals surface area contributed by atoms with Gasteiger partial charge in [0.1, 0.15) is 12.4 Å². The van der Waals surface area contributed by atoms with Crippen LogP contribution in [-0.4, -0.2) is 45.3 Å². The summed E-state index contributed by atoms with van der Waals surface area (Å²) in [4.78, 5) is 15.5. The topological polar surface area (TPSA) is 95.9 Å². The second kappa shape index (κ2) is 7.89. The van der Waals surface area contributed by atoms with Crippen molar-refractivity contribution in [2.24, 2.45) is 5.73 Å². The van der Waals surface area contributed by atoms with Crippen LogP contribution in [0.25, 0.3) is 0 Å². The van der Waals surface area contributed by atoms with Crippen molar-refractivity contribution in [1.29, 1.82) is 0 Å². The van der Waals surface area contributed by atoms with Gasteiger partial charge in [-0.1, -0.05) is 5.21 Å². The van der Waals surface area contributed by atoms with Gasteiger partial charge >= 0.3 is 6.18 Å². The molecule has 1 amide bonds. The van der Waals surface area contributed by atoms with E-state index in [1.807, 2.05) is 0 Å². The number of hydrogen-bond donors (Lipinski definition) is 1. The van der Waals surface area contributed by atoms with Gasteiger partial charge in [0.2, 0.25) is 5.91 Å². The number of ether oxygens (including phenoxy) is 1. The van der Waals surface area contributed by atoms with Gasteiger partial charge in [-0.2, -0.15) is 13.2 Å². The lowest BCUT2D eigenvalue weighted by molar-refractivity contribution is -0.153. The molecule has 0 aliphatic rings. The number of aromatic nitrogens is 4. The highest BCUT2D eigenvalue weighted by Crippen LogP contribution is 2.27. The molecule has 1 atom stereocenters. The van der Waals surface area contributed by atoms with Crippen LogP contribution in [0.5, 0.6) is 5.75 Å². The first-order valence-corrected chi connectivity index (χ1v) is 7.94. The van der Waals surface area contributed by atoms with Gasteiger partial charge in [0.15, 0.2) is 6.61 Å². The maximum atomic E-state index is 13.1. The monoisotopic (exact) mass is 389 g/mol. The molecule has 2 aromatic rings. The van der Waals surface area contributed by atoms with E-state index in [0.29, 0.717) is 11.4 Å². The summed E-state index contributed by atoms with van der Waals surface area (Å²) in [7, 11) is 0. The Balaban J connectivity index is 2.25. The van der Waals surface area contributed by atoms with E-state index in [1.54, 1.807) is 13.8 Å². The smallest absolute Gasteiger partial charge is 0.422 e. The van der Waals surface area contributed by atoms with Crippen molar-refractivity contribution >= 4 is 5.91 Å². The highest BCUT2D eigenvalue weighted by molar-refractivity contribution is 5.75. The zero-order chi connectivity index (χ0) is 20.2. The third-order valence-electron chi connectivity index (χ3n) is 3.74. The van der Waals surface area contributed by atoms with Gasteiger partial charge in [-0.15, -0.1) is 5.10 Å². The number of hydrogen-bond acceptors (Lipinski definition) is 5. The Labute approximate surface area is 152 Å². The molecule has 2 heterocycles. The number of nitrogens with zero attached hydrogens (tertiary/aromatic N) is 4. The highest BCUT2D eigenvalue weighted by Gasteiger charge is 2.29. The third-order valence-corrected chi connectivity index (χ3v) is 3.74. The van der Waals surface area contributed by atoms with Gasteiger partial charge in [-0.25, -0.2) is 9.07 Å². The summed E-state index contributed by atoms with van der Waals surface area (Å²) >= 11 is 0. The molecule has 0 saturated carbocycles. The number of pyridine rings is 1. The predicted molar refractivity (Wildman–Crippen MR) is 86.8 cm³/mol. The van der Waals surface area contributed by atoms with Crippen LogP contribution in [0, 0.1) is 0 Å². The molecule has 0 fully saturated rings. The normalized spacial score (nSPS) is 13.4. The average Bonchev–Trinajstić information content (AvgIpc) is 3.08. The Morgan fingerprint density at radius 2 is 2.00 bits per heavy atom. The minimum atomic E-state index is -4.46. The lowest BCUT2D eigenvalue weighted by Gasteiger charge is -2.20. The highest BCUT2D eigenvalue weighted by atomic mass is 19.4. The number of amides is 1. The number of primary amides is 1. The van der Waals surface area contributed by atoms with E-state index in [0.717, 1.165) is 6.20 Å². The summed E-state index contributed by atoms with van der Waals surface area (Å²) in [5, 5.41) is 7.85. The summed E-state index contributed by atoms with van der Waals surface area (Å²) < 4.78 is 55.7. The van der Waals surface area contributed by atoms with E-state index >= 15 is 0 Å². The SMILES string of the molecule is CC(C)(CF)n1cc([C@H](CC(N)=O)c2ccc(OCC(F)(F)F)cn2)nn1. The van der Waals surface area contributed by atoms with Crippen molar-refractivity contribution in [2.75, 3.05) is 13.3 Å². The van der Waals surface area contributed by atoms with Crippen LogP contribution < -0.4 is 10.5 Å². The van der Waals surface area contributed by atoms with E-state index in [4.69, 9.17) is 5.73 Å². The molecule has 0 aliphatic heterocycles. The Morgan fingerprint density at radius 3 is 2.52 bits per heavy atom. The molecule has 0 aromatic carbocycles. The Bertz CT molecular complexity index is 774. The number of alkyl halides is 4. The molecule has 0 spiro atoms. The molecule has 2 N–H and O–H groups in total. The lowest BCUT2D eigenvalue weighted by Crippen LogP contribution is -2.29. The Kier molecular flexibility index (Phi) is 6.01.